The number of aromatic nitrogens is 1. The molecule has 0 aliphatic rings. The number of carbonyl (C=O) groups excluding carboxylic acids is 1. The zero-order chi connectivity index (χ0) is 17.1. The molecule has 3 rings (SSSR count). The Hall–Kier alpha value is -3.06. The van der Waals surface area contributed by atoms with Crippen molar-refractivity contribution in [2.45, 2.75) is 6.61 Å². The first-order valence-corrected chi connectivity index (χ1v) is 7.32. The van der Waals surface area contributed by atoms with Crippen LogP contribution in [0.15, 0.2) is 51.7 Å². The second-order valence-corrected chi connectivity index (χ2v) is 5.32. The maximum Gasteiger partial charge on any atom is 0.419 e. The Morgan fingerprint density at radius 2 is 1.79 bits per heavy atom. The number of rotatable bonds is 4. The maximum atomic E-state index is 12.1. The summed E-state index contributed by atoms with van der Waals surface area (Å²) in [7, 11) is 3.26. The number of fused-ring (bicyclic) bond motifs is 1. The van der Waals surface area contributed by atoms with E-state index in [0.29, 0.717) is 29.1 Å². The van der Waals surface area contributed by atoms with Crippen LogP contribution < -0.4 is 16.4 Å². The van der Waals surface area contributed by atoms with E-state index < -0.39 is 5.76 Å². The van der Waals surface area contributed by atoms with Crippen molar-refractivity contribution in [1.82, 2.24) is 4.57 Å². The molecule has 7 nitrogen and oxygen atoms in total. The quantitative estimate of drug-likeness (QED) is 0.771. The molecule has 7 heteroatoms. The van der Waals surface area contributed by atoms with Crippen molar-refractivity contribution in [3.05, 3.63) is 58.6 Å². The first kappa shape index (κ1) is 15.8. The Labute approximate surface area is 137 Å². The molecular weight excluding hydrogens is 310 g/mol. The fourth-order valence-electron chi connectivity index (χ4n) is 2.36. The molecule has 0 bridgehead atoms. The van der Waals surface area contributed by atoms with Gasteiger partial charge in [0.1, 0.15) is 0 Å². The molecule has 0 saturated carbocycles. The molecule has 0 aliphatic heterocycles. The number of hydrogen-bond acceptors (Lipinski definition) is 4. The van der Waals surface area contributed by atoms with Crippen LogP contribution in [-0.4, -0.2) is 17.7 Å². The van der Waals surface area contributed by atoms with Gasteiger partial charge in [-0.05, 0) is 29.8 Å². The van der Waals surface area contributed by atoms with Crippen LogP contribution in [0.4, 0.5) is 16.2 Å². The molecule has 1 aromatic heterocycles. The van der Waals surface area contributed by atoms with Crippen LogP contribution in [0.25, 0.3) is 11.1 Å². The summed E-state index contributed by atoms with van der Waals surface area (Å²) in [4.78, 5) is 23.5. The highest BCUT2D eigenvalue weighted by Gasteiger charge is 2.08. The standard InChI is InChI=1S/C17H17N3O4/c1-20-14-8-7-13(9-15(14)24-17(20)22)19-16(21)18-12-5-3-11(4-6-12)10-23-2/h3-9H,10H2,1-2H3,(H2,18,19,21). The smallest absolute Gasteiger partial charge is 0.408 e. The molecule has 2 aromatic carbocycles. The number of hydrogen-bond donors (Lipinski definition) is 2. The largest absolute Gasteiger partial charge is 0.419 e. The molecule has 0 atom stereocenters. The number of oxazole rings is 1. The molecule has 1 heterocycles. The van der Waals surface area contributed by atoms with Crippen LogP contribution in [0, 0.1) is 0 Å². The van der Waals surface area contributed by atoms with Crippen molar-refractivity contribution in [2.75, 3.05) is 17.7 Å². The van der Waals surface area contributed by atoms with Crippen LogP contribution in [0.3, 0.4) is 0 Å². The van der Waals surface area contributed by atoms with Gasteiger partial charge in [-0.25, -0.2) is 9.59 Å². The highest BCUT2D eigenvalue weighted by atomic mass is 16.5. The fraction of sp³-hybridized carbons (Fsp3) is 0.176. The predicted molar refractivity (Wildman–Crippen MR) is 91.3 cm³/mol. The van der Waals surface area contributed by atoms with E-state index in [1.165, 1.54) is 4.57 Å². The van der Waals surface area contributed by atoms with Crippen LogP contribution >= 0.6 is 0 Å². The molecule has 0 spiro atoms. The van der Waals surface area contributed by atoms with Crippen molar-refractivity contribution < 1.29 is 13.9 Å². The lowest BCUT2D eigenvalue weighted by Crippen LogP contribution is -2.19. The summed E-state index contributed by atoms with van der Waals surface area (Å²) in [5.74, 6) is -0.442. The van der Waals surface area contributed by atoms with E-state index in [9.17, 15) is 9.59 Å². The molecule has 2 N–H and O–H groups in total. The van der Waals surface area contributed by atoms with E-state index >= 15 is 0 Å². The van der Waals surface area contributed by atoms with Crippen LogP contribution in [0.2, 0.25) is 0 Å². The third-order valence-corrected chi connectivity index (χ3v) is 3.57. The van der Waals surface area contributed by atoms with Gasteiger partial charge >= 0.3 is 11.8 Å². The molecule has 0 aliphatic carbocycles. The Bertz CT molecular complexity index is 925. The summed E-state index contributed by atoms with van der Waals surface area (Å²) in [6.45, 7) is 0.523. The summed E-state index contributed by atoms with van der Waals surface area (Å²) in [5, 5.41) is 5.44. The normalized spacial score (nSPS) is 10.8. The van der Waals surface area contributed by atoms with E-state index in [0.717, 1.165) is 5.56 Å². The summed E-state index contributed by atoms with van der Waals surface area (Å²) in [5.41, 5.74) is 3.31. The predicted octanol–water partition coefficient (Wildman–Crippen LogP) is 2.92. The number of anilines is 2. The van der Waals surface area contributed by atoms with Gasteiger partial charge < -0.3 is 19.8 Å². The summed E-state index contributed by atoms with van der Waals surface area (Å²) in [6, 6.07) is 12.0. The van der Waals surface area contributed by atoms with Gasteiger partial charge in [-0.1, -0.05) is 12.1 Å². The van der Waals surface area contributed by atoms with Crippen molar-refractivity contribution >= 4 is 28.5 Å². The Balaban J connectivity index is 1.69. The molecular formula is C17H17N3O4. The molecule has 0 saturated heterocycles. The van der Waals surface area contributed by atoms with Crippen molar-refractivity contribution in [2.24, 2.45) is 7.05 Å². The van der Waals surface area contributed by atoms with E-state index in [2.05, 4.69) is 10.6 Å². The summed E-state index contributed by atoms with van der Waals surface area (Å²) >= 11 is 0. The summed E-state index contributed by atoms with van der Waals surface area (Å²) < 4.78 is 11.5. The van der Waals surface area contributed by atoms with Crippen LogP contribution in [0.5, 0.6) is 0 Å². The summed E-state index contributed by atoms with van der Waals surface area (Å²) in [6.07, 6.45) is 0. The zero-order valence-corrected chi connectivity index (χ0v) is 13.3. The lowest BCUT2D eigenvalue weighted by Gasteiger charge is -2.08. The van der Waals surface area contributed by atoms with Gasteiger partial charge in [-0.3, -0.25) is 4.57 Å². The van der Waals surface area contributed by atoms with Gasteiger partial charge in [0.25, 0.3) is 0 Å². The first-order chi connectivity index (χ1) is 11.6. The minimum Gasteiger partial charge on any atom is -0.408 e. The lowest BCUT2D eigenvalue weighted by atomic mass is 10.2. The van der Waals surface area contributed by atoms with Gasteiger partial charge in [0, 0.05) is 31.6 Å². The van der Waals surface area contributed by atoms with Gasteiger partial charge in [0.2, 0.25) is 0 Å². The number of carbonyl (C=O) groups is 1. The molecule has 0 fully saturated rings. The van der Waals surface area contributed by atoms with E-state index in [4.69, 9.17) is 9.15 Å². The van der Waals surface area contributed by atoms with Crippen molar-refractivity contribution in [1.29, 1.82) is 0 Å². The average molecular weight is 327 g/mol. The highest BCUT2D eigenvalue weighted by molar-refractivity contribution is 6.00. The Morgan fingerprint density at radius 1 is 1.12 bits per heavy atom. The van der Waals surface area contributed by atoms with Gasteiger partial charge in [0.05, 0.1) is 12.1 Å². The van der Waals surface area contributed by atoms with Crippen molar-refractivity contribution in [3.8, 4) is 0 Å². The molecule has 0 radical (unpaired) electrons. The number of ether oxygens (including phenoxy) is 1. The third kappa shape index (κ3) is 3.31. The molecule has 3 aromatic rings. The maximum absolute atomic E-state index is 12.1. The third-order valence-electron chi connectivity index (χ3n) is 3.57. The number of aryl methyl sites for hydroxylation is 1. The lowest BCUT2D eigenvalue weighted by molar-refractivity contribution is 0.185. The van der Waals surface area contributed by atoms with Crippen LogP contribution in [-0.2, 0) is 18.4 Å². The van der Waals surface area contributed by atoms with Gasteiger partial charge in [-0.15, -0.1) is 0 Å². The molecule has 0 unspecified atom stereocenters. The Morgan fingerprint density at radius 3 is 2.50 bits per heavy atom. The monoisotopic (exact) mass is 327 g/mol. The number of nitrogens with zero attached hydrogens (tertiary/aromatic N) is 1. The van der Waals surface area contributed by atoms with Gasteiger partial charge in [0.15, 0.2) is 5.58 Å². The minimum atomic E-state index is -0.442. The zero-order valence-electron chi connectivity index (χ0n) is 13.3. The number of urea groups is 1. The number of benzene rings is 2. The van der Waals surface area contributed by atoms with E-state index in [1.54, 1.807) is 44.5 Å². The minimum absolute atomic E-state index is 0.382. The second-order valence-electron chi connectivity index (χ2n) is 5.32. The molecule has 24 heavy (non-hydrogen) atoms. The highest BCUT2D eigenvalue weighted by Crippen LogP contribution is 2.18. The number of nitrogens with one attached hydrogen (secondary N) is 2. The number of amides is 2. The van der Waals surface area contributed by atoms with Crippen LogP contribution in [0.1, 0.15) is 5.56 Å². The fourth-order valence-corrected chi connectivity index (χ4v) is 2.36. The number of methoxy groups -OCH3 is 1. The first-order valence-electron chi connectivity index (χ1n) is 7.32. The SMILES string of the molecule is COCc1ccc(NC(=O)Nc2ccc3c(c2)oc(=O)n3C)cc1. The molecule has 124 valence electrons. The van der Waals surface area contributed by atoms with Crippen molar-refractivity contribution in [3.63, 3.8) is 0 Å². The average Bonchev–Trinajstić information content (AvgIpc) is 2.83. The van der Waals surface area contributed by atoms with E-state index in [1.807, 2.05) is 12.1 Å². The molecule has 2 amide bonds. The van der Waals surface area contributed by atoms with Gasteiger partial charge in [-0.2, -0.15) is 0 Å². The van der Waals surface area contributed by atoms with E-state index in [-0.39, 0.29) is 6.03 Å². The topological polar surface area (TPSA) is 85.5 Å². The second kappa shape index (κ2) is 6.59. The Kier molecular flexibility index (Phi) is 4.35.